The van der Waals surface area contributed by atoms with Crippen LogP contribution in [-0.2, 0) is 28.6 Å². The highest BCUT2D eigenvalue weighted by Gasteiger charge is 2.19. The van der Waals surface area contributed by atoms with E-state index in [9.17, 15) is 14.4 Å². The third kappa shape index (κ3) is 51.3. The first kappa shape index (κ1) is 62.3. The monoisotopic (exact) mass is 917 g/mol. The van der Waals surface area contributed by atoms with Crippen molar-refractivity contribution in [3.8, 4) is 0 Å². The molecule has 6 nitrogen and oxygen atoms in total. The number of rotatable bonds is 48. The maximum Gasteiger partial charge on any atom is 0.306 e. The molecule has 0 N–H and O–H groups in total. The quantitative estimate of drug-likeness (QED) is 0.0262. The molecule has 0 fully saturated rings. The van der Waals surface area contributed by atoms with Gasteiger partial charge >= 0.3 is 17.9 Å². The van der Waals surface area contributed by atoms with Crippen molar-refractivity contribution in [1.29, 1.82) is 0 Å². The van der Waals surface area contributed by atoms with E-state index >= 15 is 0 Å². The molecule has 0 bridgehead atoms. The molecule has 1 unspecified atom stereocenters. The van der Waals surface area contributed by atoms with Gasteiger partial charge in [-0.05, 0) is 103 Å². The van der Waals surface area contributed by atoms with Crippen LogP contribution in [0.2, 0.25) is 0 Å². The lowest BCUT2D eigenvalue weighted by atomic mass is 10.1. The lowest BCUT2D eigenvalue weighted by molar-refractivity contribution is -0.167. The van der Waals surface area contributed by atoms with Gasteiger partial charge in [-0.2, -0.15) is 0 Å². The zero-order chi connectivity index (χ0) is 47.9. The molecule has 0 aromatic carbocycles. The summed E-state index contributed by atoms with van der Waals surface area (Å²) in [6.07, 6.45) is 71.5. The highest BCUT2D eigenvalue weighted by Crippen LogP contribution is 2.14. The molecule has 0 rings (SSSR count). The minimum Gasteiger partial charge on any atom is -0.462 e. The summed E-state index contributed by atoms with van der Waals surface area (Å²) < 4.78 is 16.7. The lowest BCUT2D eigenvalue weighted by Gasteiger charge is -2.18. The molecule has 0 amide bonds. The summed E-state index contributed by atoms with van der Waals surface area (Å²) in [5.74, 6) is -0.921. The Morgan fingerprint density at radius 3 is 0.939 bits per heavy atom. The Hall–Kier alpha value is -3.67. The highest BCUT2D eigenvalue weighted by molar-refractivity contribution is 5.71. The van der Waals surface area contributed by atoms with Crippen LogP contribution in [0.4, 0.5) is 0 Å². The molecule has 0 aromatic rings. The number of unbranched alkanes of at least 4 members (excludes halogenated alkanes) is 21. The van der Waals surface area contributed by atoms with Crippen molar-refractivity contribution in [3.63, 3.8) is 0 Å². The van der Waals surface area contributed by atoms with Gasteiger partial charge in [-0.25, -0.2) is 0 Å². The van der Waals surface area contributed by atoms with Crippen molar-refractivity contribution in [3.05, 3.63) is 97.2 Å². The maximum atomic E-state index is 12.7. The van der Waals surface area contributed by atoms with Crippen molar-refractivity contribution < 1.29 is 28.6 Å². The summed E-state index contributed by atoms with van der Waals surface area (Å²) in [5.41, 5.74) is 0. The van der Waals surface area contributed by atoms with Crippen molar-refractivity contribution in [2.24, 2.45) is 0 Å². The Labute approximate surface area is 407 Å². The summed E-state index contributed by atoms with van der Waals surface area (Å²) in [6, 6.07) is 0. The minimum atomic E-state index is -0.782. The molecule has 0 saturated heterocycles. The zero-order valence-corrected chi connectivity index (χ0v) is 42.9. The average Bonchev–Trinajstić information content (AvgIpc) is 3.31. The highest BCUT2D eigenvalue weighted by atomic mass is 16.6. The summed E-state index contributed by atoms with van der Waals surface area (Å²) in [4.78, 5) is 37.7. The van der Waals surface area contributed by atoms with E-state index < -0.39 is 6.10 Å². The molecule has 0 aliphatic carbocycles. The first-order chi connectivity index (χ1) is 32.5. The first-order valence-corrected chi connectivity index (χ1v) is 27.2. The Balaban J connectivity index is 4.12. The molecule has 0 aromatic heterocycles. The fraction of sp³-hybridized carbons (Fsp3) is 0.683. The van der Waals surface area contributed by atoms with E-state index in [2.05, 4.69) is 118 Å². The average molecular weight is 917 g/mol. The summed E-state index contributed by atoms with van der Waals surface area (Å²) in [7, 11) is 0. The first-order valence-electron chi connectivity index (χ1n) is 27.2. The number of allylic oxidation sites excluding steroid dienone is 16. The third-order valence-electron chi connectivity index (χ3n) is 11.3. The summed E-state index contributed by atoms with van der Waals surface area (Å²) in [5, 5.41) is 0. The van der Waals surface area contributed by atoms with Crippen LogP contribution in [0.3, 0.4) is 0 Å². The van der Waals surface area contributed by atoms with Gasteiger partial charge in [0.15, 0.2) is 6.10 Å². The predicted molar refractivity (Wildman–Crippen MR) is 284 cm³/mol. The van der Waals surface area contributed by atoms with Crippen LogP contribution in [0.15, 0.2) is 97.2 Å². The predicted octanol–water partition coefficient (Wildman–Crippen LogP) is 18.1. The number of carbonyl (C=O) groups excluding carboxylic acids is 3. The topological polar surface area (TPSA) is 78.9 Å². The van der Waals surface area contributed by atoms with Crippen LogP contribution in [0.1, 0.15) is 245 Å². The van der Waals surface area contributed by atoms with Crippen LogP contribution < -0.4 is 0 Å². The Morgan fingerprint density at radius 2 is 0.591 bits per heavy atom. The molecule has 0 radical (unpaired) electrons. The van der Waals surface area contributed by atoms with Gasteiger partial charge in [0.05, 0.1) is 0 Å². The Kier molecular flexibility index (Phi) is 50.9. The second kappa shape index (κ2) is 53.9. The van der Waals surface area contributed by atoms with Crippen molar-refractivity contribution >= 4 is 17.9 Å². The van der Waals surface area contributed by atoms with Crippen molar-refractivity contribution in [2.45, 2.75) is 252 Å². The molecular weight excluding hydrogens is 817 g/mol. The van der Waals surface area contributed by atoms with E-state index in [4.69, 9.17) is 14.2 Å². The van der Waals surface area contributed by atoms with Gasteiger partial charge in [0.25, 0.3) is 0 Å². The fourth-order valence-corrected chi connectivity index (χ4v) is 7.24. The SMILES string of the molecule is CC/C=C\C/C=C\C/C=C\C/C=C\C/C=C\C/C=C\C/C=C\CCCCCCCCCC(=O)OCC(COC(=O)CCCCCCC)OC(=O)CCCCCCC/C=C\CCCCCCC. The summed E-state index contributed by atoms with van der Waals surface area (Å²) >= 11 is 0. The normalized spacial score (nSPS) is 12.8. The third-order valence-corrected chi connectivity index (χ3v) is 11.3. The van der Waals surface area contributed by atoms with Crippen LogP contribution in [0, 0.1) is 0 Å². The molecule has 66 heavy (non-hydrogen) atoms. The van der Waals surface area contributed by atoms with Crippen molar-refractivity contribution in [1.82, 2.24) is 0 Å². The second-order valence-electron chi connectivity index (χ2n) is 17.8. The van der Waals surface area contributed by atoms with Gasteiger partial charge in [-0.15, -0.1) is 0 Å². The molecule has 1 atom stereocenters. The van der Waals surface area contributed by atoms with Gasteiger partial charge in [0.1, 0.15) is 13.2 Å². The largest absolute Gasteiger partial charge is 0.462 e. The van der Waals surface area contributed by atoms with E-state index in [1.165, 1.54) is 77.0 Å². The minimum absolute atomic E-state index is 0.0850. The van der Waals surface area contributed by atoms with E-state index in [1.807, 2.05) is 0 Å². The van der Waals surface area contributed by atoms with Gasteiger partial charge < -0.3 is 14.2 Å². The number of esters is 3. The lowest BCUT2D eigenvalue weighted by Crippen LogP contribution is -2.30. The van der Waals surface area contributed by atoms with Crippen LogP contribution in [0.25, 0.3) is 0 Å². The number of hydrogen-bond acceptors (Lipinski definition) is 6. The molecule has 0 aliphatic heterocycles. The van der Waals surface area contributed by atoms with Crippen LogP contribution in [0.5, 0.6) is 0 Å². The fourth-order valence-electron chi connectivity index (χ4n) is 7.24. The van der Waals surface area contributed by atoms with Gasteiger partial charge in [0, 0.05) is 19.3 Å². The maximum absolute atomic E-state index is 12.7. The molecular formula is C60H100O6. The number of carbonyl (C=O) groups is 3. The van der Waals surface area contributed by atoms with E-state index in [1.54, 1.807) is 0 Å². The van der Waals surface area contributed by atoms with Gasteiger partial charge in [0.2, 0.25) is 0 Å². The van der Waals surface area contributed by atoms with Crippen LogP contribution >= 0.6 is 0 Å². The van der Waals surface area contributed by atoms with Crippen molar-refractivity contribution in [2.75, 3.05) is 13.2 Å². The zero-order valence-electron chi connectivity index (χ0n) is 42.9. The van der Waals surface area contributed by atoms with E-state index in [0.717, 1.165) is 128 Å². The summed E-state index contributed by atoms with van der Waals surface area (Å²) in [6.45, 7) is 6.41. The molecule has 6 heteroatoms. The number of hydrogen-bond donors (Lipinski definition) is 0. The smallest absolute Gasteiger partial charge is 0.306 e. The van der Waals surface area contributed by atoms with Gasteiger partial charge in [-0.1, -0.05) is 221 Å². The van der Waals surface area contributed by atoms with Crippen LogP contribution in [-0.4, -0.2) is 37.2 Å². The molecule has 0 spiro atoms. The molecule has 0 heterocycles. The second-order valence-corrected chi connectivity index (χ2v) is 17.8. The van der Waals surface area contributed by atoms with E-state index in [0.29, 0.717) is 19.3 Å². The Bertz CT molecular complexity index is 1330. The molecule has 0 saturated carbocycles. The number of ether oxygens (including phenoxy) is 3. The molecule has 0 aliphatic rings. The van der Waals surface area contributed by atoms with Gasteiger partial charge in [-0.3, -0.25) is 14.4 Å². The Morgan fingerprint density at radius 1 is 0.318 bits per heavy atom. The van der Waals surface area contributed by atoms with E-state index in [-0.39, 0.29) is 31.1 Å². The molecule has 376 valence electrons. The standard InChI is InChI=1S/C60H100O6/c1-4-7-10-13-15-17-19-21-23-24-25-26-27-28-29-30-31-32-33-34-35-36-37-39-40-42-44-47-50-53-59(62)65-56-57(55-64-58(61)52-49-46-12-9-6-3)66-60(63)54-51-48-45-43-41-38-22-20-18-16-14-11-8-5-2/h7,10,15,17,20-23,25-26,28-29,31-32,34-35,57H,4-6,8-9,11-14,16,18-19,24,27,30,33,36-56H2,1-3H3/b10-7-,17-15-,22-20-,23-21-,26-25-,29-28-,32-31-,35-34-.